The average molecular weight is 296 g/mol. The fraction of sp³-hybridized carbons (Fsp3) is 0.538. The predicted molar refractivity (Wildman–Crippen MR) is 75.0 cm³/mol. The van der Waals surface area contributed by atoms with E-state index in [0.29, 0.717) is 0 Å². The van der Waals surface area contributed by atoms with E-state index in [2.05, 4.69) is 44.1 Å². The standard InChI is InChI=1S/C13H19O.BrH.Mg/c1-2-3-4-5-9-12-14-13-10-7-6-8-11-13;;/h7-8,10-11H,2-5,9,12H2,1H3;1H;/q;;+1/p-1. The zero-order chi connectivity index (χ0) is 11.6. The lowest BCUT2D eigenvalue weighted by molar-refractivity contribution is 0.304. The maximum atomic E-state index is 5.69. The van der Waals surface area contributed by atoms with Gasteiger partial charge in [-0.1, -0.05) is 44.7 Å². The van der Waals surface area contributed by atoms with Crippen molar-refractivity contribution in [1.29, 1.82) is 0 Å². The van der Waals surface area contributed by atoms with Crippen molar-refractivity contribution in [1.82, 2.24) is 0 Å². The van der Waals surface area contributed by atoms with Gasteiger partial charge in [-0.3, -0.25) is 12.9 Å². The van der Waals surface area contributed by atoms with Gasteiger partial charge in [-0.05, 0) is 18.6 Å². The second-order valence-electron chi connectivity index (χ2n) is 4.04. The van der Waals surface area contributed by atoms with Crippen molar-refractivity contribution in [2.75, 3.05) is 6.61 Å². The van der Waals surface area contributed by atoms with Gasteiger partial charge in [0.2, 0.25) is 0 Å². The summed E-state index contributed by atoms with van der Waals surface area (Å²) < 4.78 is 7.11. The maximum absolute atomic E-state index is 5.69. The summed E-state index contributed by atoms with van der Waals surface area (Å²) in [6.07, 6.45) is 6.46. The zero-order valence-corrected chi connectivity index (χ0v) is 13.0. The van der Waals surface area contributed by atoms with Crippen molar-refractivity contribution in [3.63, 3.8) is 0 Å². The summed E-state index contributed by atoms with van der Waals surface area (Å²) in [5.74, 6) is 1.01. The molecular weight excluding hydrogens is 276 g/mol. The molecule has 0 spiro atoms. The summed E-state index contributed by atoms with van der Waals surface area (Å²) in [4.78, 5) is 0. The van der Waals surface area contributed by atoms with Gasteiger partial charge in [0.25, 0.3) is 0 Å². The van der Waals surface area contributed by atoms with Crippen molar-refractivity contribution < 1.29 is 4.74 Å². The van der Waals surface area contributed by atoms with Crippen LogP contribution in [-0.2, 0) is 0 Å². The summed E-state index contributed by atoms with van der Waals surface area (Å²) in [7, 11) is 0. The minimum atomic E-state index is -0.201. The van der Waals surface area contributed by atoms with Gasteiger partial charge in [0.05, 0.1) is 6.61 Å². The summed E-state index contributed by atoms with van der Waals surface area (Å²) in [5, 5.41) is 0. The van der Waals surface area contributed by atoms with E-state index in [1.165, 1.54) is 35.8 Å². The highest BCUT2D eigenvalue weighted by Gasteiger charge is 1.96. The summed E-state index contributed by atoms with van der Waals surface area (Å²) in [6, 6.07) is 8.48. The van der Waals surface area contributed by atoms with Crippen LogP contribution in [0.4, 0.5) is 0 Å². The van der Waals surface area contributed by atoms with Crippen LogP contribution < -0.4 is 8.43 Å². The van der Waals surface area contributed by atoms with Crippen molar-refractivity contribution in [3.8, 4) is 5.75 Å². The van der Waals surface area contributed by atoms with Gasteiger partial charge in [-0.25, -0.2) is 0 Å². The normalized spacial score (nSPS) is 9.88. The van der Waals surface area contributed by atoms with Gasteiger partial charge in [0, 0.05) is 0 Å². The molecule has 0 N–H and O–H groups in total. The number of hydrogen-bond acceptors (Lipinski definition) is 1. The van der Waals surface area contributed by atoms with Crippen LogP contribution in [0.25, 0.3) is 0 Å². The Morgan fingerprint density at radius 1 is 1.06 bits per heavy atom. The van der Waals surface area contributed by atoms with E-state index in [0.717, 1.165) is 12.4 Å². The molecule has 0 fully saturated rings. The van der Waals surface area contributed by atoms with E-state index in [-0.39, 0.29) is 18.2 Å². The number of ether oxygens (including phenoxy) is 1. The minimum Gasteiger partial charge on any atom is -0.494 e. The van der Waals surface area contributed by atoms with Crippen molar-refractivity contribution in [2.24, 2.45) is 0 Å². The maximum Gasteiger partial charge on any atom is 0.506 e. The summed E-state index contributed by atoms with van der Waals surface area (Å²) in [5.41, 5.74) is 0. The Hall–Kier alpha value is 0.266. The van der Waals surface area contributed by atoms with E-state index in [9.17, 15) is 0 Å². The first-order valence-corrected chi connectivity index (χ1v) is 10.7. The third-order valence-corrected chi connectivity index (χ3v) is 5.32. The molecule has 0 heterocycles. The highest BCUT2D eigenvalue weighted by Crippen LogP contribution is 2.09. The Balaban J connectivity index is 2.12. The monoisotopic (exact) mass is 294 g/mol. The molecule has 0 atom stereocenters. The fourth-order valence-electron chi connectivity index (χ4n) is 1.57. The third-order valence-electron chi connectivity index (χ3n) is 2.59. The molecule has 1 rings (SSSR count). The molecule has 3 heteroatoms. The molecule has 1 aromatic rings. The largest absolute Gasteiger partial charge is 0.506 e. The Bertz CT molecular complexity index is 274. The highest BCUT2D eigenvalue weighted by molar-refractivity contribution is 9.23. The number of halogens is 1. The smallest absolute Gasteiger partial charge is 0.494 e. The molecule has 1 aromatic carbocycles. The lowest BCUT2D eigenvalue weighted by Crippen LogP contribution is -2.07. The van der Waals surface area contributed by atoms with Crippen molar-refractivity contribution in [3.05, 3.63) is 24.3 Å². The van der Waals surface area contributed by atoms with Crippen LogP contribution >= 0.6 is 12.9 Å². The van der Waals surface area contributed by atoms with Gasteiger partial charge in [-0.15, -0.1) is 0 Å². The Kier molecular flexibility index (Phi) is 8.34. The summed E-state index contributed by atoms with van der Waals surface area (Å²) in [6.45, 7) is 3.10. The molecular formula is C13H19BrMgO. The topological polar surface area (TPSA) is 9.23 Å². The molecule has 0 aliphatic heterocycles. The number of unbranched alkanes of at least 4 members (excludes halogenated alkanes) is 4. The van der Waals surface area contributed by atoms with Crippen molar-refractivity contribution >= 4 is 34.8 Å². The second kappa shape index (κ2) is 9.31. The zero-order valence-electron chi connectivity index (χ0n) is 10.0. The SMILES string of the molecule is CCCCCCCOc1cc[c]([Mg][Br])cc1. The van der Waals surface area contributed by atoms with Gasteiger partial charge in [0.15, 0.2) is 0 Å². The fourth-order valence-corrected chi connectivity index (χ4v) is 3.11. The Morgan fingerprint density at radius 2 is 1.75 bits per heavy atom. The average Bonchev–Trinajstić information content (AvgIpc) is 2.34. The van der Waals surface area contributed by atoms with Crippen molar-refractivity contribution in [2.45, 2.75) is 39.0 Å². The van der Waals surface area contributed by atoms with E-state index in [1.54, 1.807) is 0 Å². The first-order valence-electron chi connectivity index (χ1n) is 6.14. The van der Waals surface area contributed by atoms with Crippen LogP contribution in [0.3, 0.4) is 0 Å². The lowest BCUT2D eigenvalue weighted by atomic mass is 10.2. The molecule has 16 heavy (non-hydrogen) atoms. The molecule has 0 radical (unpaired) electrons. The van der Waals surface area contributed by atoms with E-state index in [4.69, 9.17) is 4.74 Å². The predicted octanol–water partition coefficient (Wildman–Crippen LogP) is 3.68. The molecule has 0 unspecified atom stereocenters. The van der Waals surface area contributed by atoms with Crippen LogP contribution in [0.2, 0.25) is 0 Å². The van der Waals surface area contributed by atoms with Crippen LogP contribution in [0, 0.1) is 0 Å². The number of benzene rings is 1. The molecule has 86 valence electrons. The second-order valence-corrected chi connectivity index (χ2v) is 6.81. The summed E-state index contributed by atoms with van der Waals surface area (Å²) >= 11 is 3.37. The quantitative estimate of drug-likeness (QED) is 0.525. The van der Waals surface area contributed by atoms with Crippen LogP contribution in [0.1, 0.15) is 39.0 Å². The number of hydrogen-bond donors (Lipinski definition) is 0. The molecule has 0 aromatic heterocycles. The molecule has 0 saturated heterocycles. The first-order chi connectivity index (χ1) is 7.86. The third kappa shape index (κ3) is 6.11. The molecule has 1 nitrogen and oxygen atoms in total. The van der Waals surface area contributed by atoms with E-state index in [1.807, 2.05) is 0 Å². The first kappa shape index (κ1) is 14.3. The van der Waals surface area contributed by atoms with Gasteiger partial charge >= 0.3 is 18.2 Å². The van der Waals surface area contributed by atoms with Crippen LogP contribution in [0.5, 0.6) is 5.75 Å². The van der Waals surface area contributed by atoms with Gasteiger partial charge < -0.3 is 4.74 Å². The Morgan fingerprint density at radius 3 is 2.38 bits per heavy atom. The molecule has 0 saturated carbocycles. The number of rotatable bonds is 8. The molecule has 0 aliphatic rings. The molecule has 0 amide bonds. The van der Waals surface area contributed by atoms with Crippen LogP contribution in [-0.4, -0.2) is 24.8 Å². The molecule has 0 aliphatic carbocycles. The van der Waals surface area contributed by atoms with Gasteiger partial charge in [-0.2, -0.15) is 3.69 Å². The van der Waals surface area contributed by atoms with Gasteiger partial charge in [0.1, 0.15) is 5.75 Å². The lowest BCUT2D eigenvalue weighted by Gasteiger charge is -2.06. The molecule has 0 bridgehead atoms. The Labute approximate surface area is 115 Å². The van der Waals surface area contributed by atoms with E-state index < -0.39 is 0 Å². The van der Waals surface area contributed by atoms with Crippen LogP contribution in [0.15, 0.2) is 24.3 Å². The minimum absolute atomic E-state index is 0.201. The van der Waals surface area contributed by atoms with E-state index >= 15 is 0 Å². The highest BCUT2D eigenvalue weighted by atomic mass is 79.9.